The van der Waals surface area contributed by atoms with Gasteiger partial charge in [0.1, 0.15) is 11.3 Å². The molecular formula is C12H14BrFN4. The Hall–Kier alpha value is -1.01. The number of likely N-dealkylation sites (tertiary alicyclic amines) is 1. The third-order valence-electron chi connectivity index (χ3n) is 3.48. The van der Waals surface area contributed by atoms with Crippen molar-refractivity contribution >= 4 is 27.0 Å². The van der Waals surface area contributed by atoms with Crippen LogP contribution in [0.2, 0.25) is 0 Å². The first kappa shape index (κ1) is 12.0. The zero-order valence-corrected chi connectivity index (χ0v) is 11.7. The molecule has 1 saturated heterocycles. The average Bonchev–Trinajstić information content (AvgIpc) is 2.89. The molecule has 96 valence electrons. The van der Waals surface area contributed by atoms with Crippen LogP contribution in [0.3, 0.4) is 0 Å². The number of nitrogens with zero attached hydrogens (tertiary/aromatic N) is 4. The second-order valence-corrected chi connectivity index (χ2v) is 5.80. The zero-order chi connectivity index (χ0) is 12.7. The maximum absolute atomic E-state index is 13.4. The second kappa shape index (κ2) is 4.59. The van der Waals surface area contributed by atoms with E-state index >= 15 is 0 Å². The van der Waals surface area contributed by atoms with Gasteiger partial charge in [-0.05, 0) is 47.9 Å². The molecule has 4 nitrogen and oxygen atoms in total. The minimum Gasteiger partial charge on any atom is -0.306 e. The Morgan fingerprint density at radius 3 is 3.06 bits per heavy atom. The van der Waals surface area contributed by atoms with Crippen LogP contribution < -0.4 is 0 Å². The lowest BCUT2D eigenvalue weighted by atomic mass is 10.1. The van der Waals surface area contributed by atoms with Crippen LogP contribution in [0.1, 0.15) is 6.42 Å². The number of benzene rings is 1. The highest BCUT2D eigenvalue weighted by molar-refractivity contribution is 9.10. The molecule has 1 aromatic carbocycles. The van der Waals surface area contributed by atoms with Gasteiger partial charge in [0.05, 0.1) is 9.99 Å². The maximum atomic E-state index is 13.4. The van der Waals surface area contributed by atoms with Crippen LogP contribution in [0.4, 0.5) is 4.39 Å². The van der Waals surface area contributed by atoms with E-state index in [4.69, 9.17) is 0 Å². The van der Waals surface area contributed by atoms with Crippen molar-refractivity contribution in [1.82, 2.24) is 19.9 Å². The van der Waals surface area contributed by atoms with Crippen molar-refractivity contribution in [2.24, 2.45) is 5.92 Å². The molecule has 0 spiro atoms. The molecule has 6 heteroatoms. The van der Waals surface area contributed by atoms with Gasteiger partial charge in [0.2, 0.25) is 0 Å². The highest BCUT2D eigenvalue weighted by Crippen LogP contribution is 2.23. The number of aromatic nitrogens is 3. The summed E-state index contributed by atoms with van der Waals surface area (Å²) in [5.74, 6) is 0.305. The van der Waals surface area contributed by atoms with Crippen LogP contribution >= 0.6 is 15.9 Å². The quantitative estimate of drug-likeness (QED) is 0.853. The van der Waals surface area contributed by atoms with E-state index in [1.54, 1.807) is 6.07 Å². The predicted octanol–water partition coefficient (Wildman–Crippen LogP) is 2.28. The lowest BCUT2D eigenvalue weighted by Gasteiger charge is -2.10. The number of fused-ring (bicyclic) bond motifs is 1. The summed E-state index contributed by atoms with van der Waals surface area (Å²) in [7, 11) is 2.13. The number of halogens is 2. The summed E-state index contributed by atoms with van der Waals surface area (Å²) in [5.41, 5.74) is 1.50. The van der Waals surface area contributed by atoms with E-state index in [0.717, 1.165) is 25.2 Å². The molecule has 0 aliphatic carbocycles. The van der Waals surface area contributed by atoms with E-state index in [9.17, 15) is 4.39 Å². The van der Waals surface area contributed by atoms with Gasteiger partial charge >= 0.3 is 0 Å². The molecule has 2 heterocycles. The molecule has 0 bridgehead atoms. The maximum Gasteiger partial charge on any atom is 0.139 e. The third kappa shape index (κ3) is 2.14. The molecule has 3 rings (SSSR count). The van der Waals surface area contributed by atoms with Gasteiger partial charge in [-0.3, -0.25) is 0 Å². The molecule has 1 atom stereocenters. The lowest BCUT2D eigenvalue weighted by Crippen LogP contribution is -2.17. The molecule has 0 saturated carbocycles. The van der Waals surface area contributed by atoms with Gasteiger partial charge in [-0.15, -0.1) is 5.10 Å². The van der Waals surface area contributed by atoms with Crippen molar-refractivity contribution in [2.75, 3.05) is 20.1 Å². The molecular weight excluding hydrogens is 299 g/mol. The van der Waals surface area contributed by atoms with Crippen molar-refractivity contribution in [3.05, 3.63) is 22.4 Å². The highest BCUT2D eigenvalue weighted by atomic mass is 79.9. The molecule has 0 radical (unpaired) electrons. The van der Waals surface area contributed by atoms with Crippen LogP contribution in [0, 0.1) is 11.7 Å². The van der Waals surface area contributed by atoms with Gasteiger partial charge in [0.15, 0.2) is 0 Å². The second-order valence-electron chi connectivity index (χ2n) is 4.94. The Balaban J connectivity index is 1.90. The monoisotopic (exact) mass is 312 g/mol. The Kier molecular flexibility index (Phi) is 3.07. The average molecular weight is 313 g/mol. The third-order valence-corrected chi connectivity index (χ3v) is 4.08. The van der Waals surface area contributed by atoms with Crippen LogP contribution in [-0.4, -0.2) is 40.0 Å². The van der Waals surface area contributed by atoms with E-state index < -0.39 is 0 Å². The van der Waals surface area contributed by atoms with Crippen molar-refractivity contribution in [3.63, 3.8) is 0 Å². The predicted molar refractivity (Wildman–Crippen MR) is 70.8 cm³/mol. The van der Waals surface area contributed by atoms with Gasteiger partial charge < -0.3 is 4.90 Å². The normalized spacial score (nSPS) is 20.9. The van der Waals surface area contributed by atoms with Crippen LogP contribution in [0.15, 0.2) is 16.6 Å². The first-order valence-electron chi connectivity index (χ1n) is 6.00. The van der Waals surface area contributed by atoms with Gasteiger partial charge in [0.25, 0.3) is 0 Å². The van der Waals surface area contributed by atoms with Crippen molar-refractivity contribution in [1.29, 1.82) is 0 Å². The van der Waals surface area contributed by atoms with Crippen molar-refractivity contribution < 1.29 is 4.39 Å². The smallest absolute Gasteiger partial charge is 0.139 e. The van der Waals surface area contributed by atoms with Gasteiger partial charge in [-0.1, -0.05) is 5.21 Å². The molecule has 1 unspecified atom stereocenters. The standard InChI is InChI=1S/C12H14BrFN4/c1-17-3-2-8(6-17)7-18-12-4-9(13)10(14)5-11(12)15-16-18/h4-5,8H,2-3,6-7H2,1H3. The van der Waals surface area contributed by atoms with E-state index in [1.807, 2.05) is 4.68 Å². The fourth-order valence-corrected chi connectivity index (χ4v) is 2.85. The van der Waals surface area contributed by atoms with Gasteiger partial charge in [-0.25, -0.2) is 9.07 Å². The van der Waals surface area contributed by atoms with Gasteiger partial charge in [0, 0.05) is 19.2 Å². The minimum absolute atomic E-state index is 0.296. The summed E-state index contributed by atoms with van der Waals surface area (Å²) in [6, 6.07) is 3.17. The number of hydrogen-bond donors (Lipinski definition) is 0. The Labute approximate surface area is 113 Å². The summed E-state index contributed by atoms with van der Waals surface area (Å²) in [6.07, 6.45) is 1.18. The van der Waals surface area contributed by atoms with E-state index in [1.165, 1.54) is 12.5 Å². The zero-order valence-electron chi connectivity index (χ0n) is 10.1. The first-order chi connectivity index (χ1) is 8.63. The van der Waals surface area contributed by atoms with Crippen molar-refractivity contribution in [2.45, 2.75) is 13.0 Å². The Morgan fingerprint density at radius 2 is 2.33 bits per heavy atom. The summed E-state index contributed by atoms with van der Waals surface area (Å²) < 4.78 is 15.7. The molecule has 1 fully saturated rings. The Morgan fingerprint density at radius 1 is 1.50 bits per heavy atom. The summed E-state index contributed by atoms with van der Waals surface area (Å²) >= 11 is 3.21. The number of hydrogen-bond acceptors (Lipinski definition) is 3. The fourth-order valence-electron chi connectivity index (χ4n) is 2.52. The SMILES string of the molecule is CN1CCC(Cn2nnc3cc(F)c(Br)cc32)C1. The Bertz CT molecular complexity index is 583. The van der Waals surface area contributed by atoms with Crippen LogP contribution in [0.25, 0.3) is 11.0 Å². The van der Waals surface area contributed by atoms with E-state index in [2.05, 4.69) is 38.2 Å². The molecule has 1 aliphatic heterocycles. The van der Waals surface area contributed by atoms with Crippen molar-refractivity contribution in [3.8, 4) is 0 Å². The summed E-state index contributed by atoms with van der Waals surface area (Å²) in [5, 5.41) is 8.15. The summed E-state index contributed by atoms with van der Waals surface area (Å²) in [4.78, 5) is 2.32. The first-order valence-corrected chi connectivity index (χ1v) is 6.79. The molecule has 0 amide bonds. The van der Waals surface area contributed by atoms with E-state index in [-0.39, 0.29) is 5.82 Å². The fraction of sp³-hybridized carbons (Fsp3) is 0.500. The summed E-state index contributed by atoms with van der Waals surface area (Å²) in [6.45, 7) is 3.07. The molecule has 0 N–H and O–H groups in total. The topological polar surface area (TPSA) is 34.0 Å². The minimum atomic E-state index is -0.296. The molecule has 2 aromatic rings. The molecule has 1 aromatic heterocycles. The van der Waals surface area contributed by atoms with E-state index in [0.29, 0.717) is 15.9 Å². The van der Waals surface area contributed by atoms with Crippen LogP contribution in [-0.2, 0) is 6.54 Å². The largest absolute Gasteiger partial charge is 0.306 e. The highest BCUT2D eigenvalue weighted by Gasteiger charge is 2.21. The van der Waals surface area contributed by atoms with Crippen LogP contribution in [0.5, 0.6) is 0 Å². The molecule has 1 aliphatic rings. The molecule has 18 heavy (non-hydrogen) atoms. The number of rotatable bonds is 2. The lowest BCUT2D eigenvalue weighted by molar-refractivity contribution is 0.370. The van der Waals surface area contributed by atoms with Gasteiger partial charge in [-0.2, -0.15) is 0 Å².